The minimum atomic E-state index is -4.58. The van der Waals surface area contributed by atoms with Crippen LogP contribution in [0.1, 0.15) is 206 Å². The Labute approximate surface area is 352 Å². The minimum Gasteiger partial charge on any atom is -0.481 e. The monoisotopic (exact) mass is 846 g/mol. The number of carbonyl (C=O) groups is 3. The van der Waals surface area contributed by atoms with Crippen LogP contribution in [0.25, 0.3) is 0 Å². The number of carboxylic acid groups (broad SMARTS) is 1. The lowest BCUT2D eigenvalue weighted by molar-refractivity contribution is -0.161. The highest BCUT2D eigenvalue weighted by molar-refractivity contribution is 7.47. The highest BCUT2D eigenvalue weighted by Crippen LogP contribution is 2.43. The zero-order valence-electron chi connectivity index (χ0n) is 36.6. The van der Waals surface area contributed by atoms with Gasteiger partial charge in [0.2, 0.25) is 0 Å². The molecule has 0 saturated heterocycles. The molecule has 0 aliphatic carbocycles. The van der Waals surface area contributed by atoms with Crippen LogP contribution in [0.3, 0.4) is 0 Å². The Kier molecular flexibility index (Phi) is 40.2. The molecule has 13 heteroatoms. The molecule has 340 valence electrons. The highest BCUT2D eigenvalue weighted by Gasteiger charge is 2.26. The quantitative estimate of drug-likeness (QED) is 0.0150. The van der Waals surface area contributed by atoms with E-state index >= 15 is 0 Å². The van der Waals surface area contributed by atoms with E-state index in [4.69, 9.17) is 23.6 Å². The first-order chi connectivity index (χ1) is 28.1. The fourth-order valence-corrected chi connectivity index (χ4v) is 7.01. The van der Waals surface area contributed by atoms with Gasteiger partial charge in [-0.05, 0) is 70.6 Å². The third-order valence-corrected chi connectivity index (χ3v) is 10.8. The van der Waals surface area contributed by atoms with E-state index in [1.807, 2.05) is 0 Å². The summed E-state index contributed by atoms with van der Waals surface area (Å²) < 4.78 is 33.4. The second kappa shape index (κ2) is 41.6. The second-order valence-corrected chi connectivity index (χ2v) is 16.9. The molecule has 0 rings (SSSR count). The molecule has 0 saturated carbocycles. The number of nitrogens with one attached hydrogen (secondary N) is 1. The van der Waals surface area contributed by atoms with Gasteiger partial charge in [0.1, 0.15) is 12.8 Å². The number of hydrogen-bond donors (Lipinski definition) is 4. The van der Waals surface area contributed by atoms with Crippen molar-refractivity contribution >= 4 is 25.7 Å². The summed E-state index contributed by atoms with van der Waals surface area (Å²) in [5, 5.41) is 21.0. The fraction of sp³-hybridized carbons (Fsp3) is 0.844. The number of aliphatic hydroxyl groups excluding tert-OH is 1. The van der Waals surface area contributed by atoms with Crippen molar-refractivity contribution in [2.75, 3.05) is 26.4 Å². The standard InChI is InChI=1S/C45H84NO11P/c1-3-5-7-9-11-13-15-17-19-21-23-25-27-29-31-33-44(50)54-39-41(40-56-58(52,53)55-38-37-46-42(47)35-36-43(48)49)57-45(51)34-32-30-28-26-24-22-20-18-16-14-12-10-8-6-4-2/h17-20,41-42,46-47H,3-16,21-40H2,1-2H3,(H,48,49)(H,52,53)/b19-17-,20-18-. The van der Waals surface area contributed by atoms with Crippen LogP contribution in [0.4, 0.5) is 0 Å². The lowest BCUT2D eigenvalue weighted by atomic mass is 10.1. The second-order valence-electron chi connectivity index (χ2n) is 15.5. The topological polar surface area (TPSA) is 178 Å². The number of aliphatic hydroxyl groups is 1. The van der Waals surface area contributed by atoms with E-state index in [9.17, 15) is 28.9 Å². The molecule has 0 bridgehead atoms. The average molecular weight is 846 g/mol. The Hall–Kier alpha value is -2.08. The lowest BCUT2D eigenvalue weighted by Gasteiger charge is -2.20. The molecule has 4 N–H and O–H groups in total. The van der Waals surface area contributed by atoms with Crippen molar-refractivity contribution in [2.24, 2.45) is 0 Å². The first-order valence-electron chi connectivity index (χ1n) is 23.0. The molecule has 0 spiro atoms. The number of phosphoric acid groups is 1. The van der Waals surface area contributed by atoms with Gasteiger partial charge >= 0.3 is 25.7 Å². The maximum Gasteiger partial charge on any atom is 0.472 e. The summed E-state index contributed by atoms with van der Waals surface area (Å²) in [4.78, 5) is 46.0. The number of rotatable bonds is 44. The molecule has 0 fully saturated rings. The largest absolute Gasteiger partial charge is 0.481 e. The first kappa shape index (κ1) is 55.9. The van der Waals surface area contributed by atoms with Gasteiger partial charge < -0.3 is 24.6 Å². The summed E-state index contributed by atoms with van der Waals surface area (Å²) >= 11 is 0. The van der Waals surface area contributed by atoms with Crippen LogP contribution < -0.4 is 5.32 Å². The Morgan fingerprint density at radius 2 is 1.02 bits per heavy atom. The zero-order chi connectivity index (χ0) is 42.8. The Balaban J connectivity index is 4.51. The van der Waals surface area contributed by atoms with Gasteiger partial charge in [0, 0.05) is 25.8 Å². The number of phosphoric ester groups is 1. The van der Waals surface area contributed by atoms with Crippen molar-refractivity contribution in [3.8, 4) is 0 Å². The number of carboxylic acids is 1. The molecule has 0 aromatic heterocycles. The van der Waals surface area contributed by atoms with Gasteiger partial charge in [-0.25, -0.2) is 4.57 Å². The van der Waals surface area contributed by atoms with Gasteiger partial charge in [-0.3, -0.25) is 28.7 Å². The number of esters is 2. The Morgan fingerprint density at radius 3 is 1.48 bits per heavy atom. The molecule has 0 aliphatic heterocycles. The van der Waals surface area contributed by atoms with Crippen molar-refractivity contribution in [3.63, 3.8) is 0 Å². The lowest BCUT2D eigenvalue weighted by Crippen LogP contribution is -2.32. The van der Waals surface area contributed by atoms with Gasteiger partial charge in [-0.2, -0.15) is 0 Å². The van der Waals surface area contributed by atoms with E-state index < -0.39 is 44.7 Å². The number of ether oxygens (including phenoxy) is 2. The molecule has 0 heterocycles. The molecule has 58 heavy (non-hydrogen) atoms. The van der Waals surface area contributed by atoms with Crippen molar-refractivity contribution < 1.29 is 52.6 Å². The number of aliphatic carboxylic acids is 1. The smallest absolute Gasteiger partial charge is 0.472 e. The third kappa shape index (κ3) is 42.1. The molecule has 0 amide bonds. The molecule has 0 aliphatic rings. The van der Waals surface area contributed by atoms with Crippen molar-refractivity contribution in [1.29, 1.82) is 0 Å². The van der Waals surface area contributed by atoms with Gasteiger partial charge in [0.25, 0.3) is 0 Å². The number of carbonyl (C=O) groups excluding carboxylic acids is 2. The van der Waals surface area contributed by atoms with E-state index in [1.54, 1.807) is 0 Å². The van der Waals surface area contributed by atoms with Crippen LogP contribution in [0.5, 0.6) is 0 Å². The summed E-state index contributed by atoms with van der Waals surface area (Å²) in [6.07, 6.45) is 36.9. The predicted molar refractivity (Wildman–Crippen MR) is 232 cm³/mol. The molecule has 12 nitrogen and oxygen atoms in total. The molecule has 0 aromatic rings. The third-order valence-electron chi connectivity index (χ3n) is 9.81. The maximum absolute atomic E-state index is 12.7. The molecular formula is C45H84NO11P. The maximum atomic E-state index is 12.7. The van der Waals surface area contributed by atoms with Gasteiger partial charge in [0.15, 0.2) is 6.10 Å². The van der Waals surface area contributed by atoms with Gasteiger partial charge in [-0.15, -0.1) is 0 Å². The zero-order valence-corrected chi connectivity index (χ0v) is 37.5. The van der Waals surface area contributed by atoms with Crippen LogP contribution >= 0.6 is 7.82 Å². The molecule has 0 radical (unpaired) electrons. The van der Waals surface area contributed by atoms with E-state index in [0.29, 0.717) is 12.8 Å². The summed E-state index contributed by atoms with van der Waals surface area (Å²) in [6.45, 7) is 3.27. The van der Waals surface area contributed by atoms with E-state index in [0.717, 1.165) is 77.0 Å². The highest BCUT2D eigenvalue weighted by atomic mass is 31.2. The van der Waals surface area contributed by atoms with Crippen LogP contribution in [-0.4, -0.2) is 71.7 Å². The minimum absolute atomic E-state index is 0.0390. The summed E-state index contributed by atoms with van der Waals surface area (Å²) in [7, 11) is -4.58. The number of hydrogen-bond acceptors (Lipinski definition) is 10. The number of unbranched alkanes of at least 4 members (excludes halogenated alkanes) is 22. The van der Waals surface area contributed by atoms with Crippen LogP contribution in [0.2, 0.25) is 0 Å². The van der Waals surface area contributed by atoms with Gasteiger partial charge in [-0.1, -0.05) is 141 Å². The SMILES string of the molecule is CCCCCCCC/C=C\CCCCCCCC(=O)OCC(COP(=O)(O)OCCNC(O)CCC(=O)O)OC(=O)CCCCCCC/C=C\CCCCCCCC. The molecule has 3 atom stereocenters. The summed E-state index contributed by atoms with van der Waals surface area (Å²) in [6, 6.07) is 0. The van der Waals surface area contributed by atoms with Crippen LogP contribution in [-0.2, 0) is 37.5 Å². The summed E-state index contributed by atoms with van der Waals surface area (Å²) in [5.41, 5.74) is 0. The molecule has 3 unspecified atom stereocenters. The number of allylic oxidation sites excluding steroid dienone is 4. The van der Waals surface area contributed by atoms with Crippen molar-refractivity contribution in [3.05, 3.63) is 24.3 Å². The van der Waals surface area contributed by atoms with E-state index in [2.05, 4.69) is 43.5 Å². The predicted octanol–water partition coefficient (Wildman–Crippen LogP) is 11.4. The van der Waals surface area contributed by atoms with E-state index in [1.165, 1.54) is 77.0 Å². The normalized spacial score (nSPS) is 13.9. The fourth-order valence-electron chi connectivity index (χ4n) is 6.26. The Bertz CT molecular complexity index is 1090. The first-order valence-corrected chi connectivity index (χ1v) is 24.5. The molecular weight excluding hydrogens is 761 g/mol. The van der Waals surface area contributed by atoms with Crippen LogP contribution in [0, 0.1) is 0 Å². The average Bonchev–Trinajstić information content (AvgIpc) is 3.19. The van der Waals surface area contributed by atoms with Crippen molar-refractivity contribution in [1.82, 2.24) is 5.32 Å². The van der Waals surface area contributed by atoms with Crippen LogP contribution in [0.15, 0.2) is 24.3 Å². The summed E-state index contributed by atoms with van der Waals surface area (Å²) in [5.74, 6) is -2.00. The van der Waals surface area contributed by atoms with Gasteiger partial charge in [0.05, 0.1) is 13.2 Å². The molecule has 0 aromatic carbocycles. The van der Waals surface area contributed by atoms with E-state index in [-0.39, 0.29) is 45.4 Å². The Morgan fingerprint density at radius 1 is 0.586 bits per heavy atom. The van der Waals surface area contributed by atoms with Crippen molar-refractivity contribution in [2.45, 2.75) is 219 Å².